The number of likely N-dealkylation sites (tertiary alicyclic amines) is 1. The number of piperidine rings is 1. The molecule has 11 amide bonds. The van der Waals surface area contributed by atoms with Crippen LogP contribution < -0.4 is 26.6 Å². The van der Waals surface area contributed by atoms with Gasteiger partial charge in [0.15, 0.2) is 5.78 Å². The maximum Gasteiger partial charge on any atom is 0.248 e. The fraction of sp³-hybridized carbons (Fsp3) is 0.848. The summed E-state index contributed by atoms with van der Waals surface area (Å²) < 4.78 is 12.4. The second kappa shape index (κ2) is 40.8. The van der Waals surface area contributed by atoms with E-state index in [1.807, 2.05) is 62.3 Å². The Balaban J connectivity index is 1.51. The van der Waals surface area contributed by atoms with Crippen molar-refractivity contribution in [3.8, 4) is 0 Å². The molecular formula is C79H135N11O15. The molecule has 26 nitrogen and oxygen atoms in total. The lowest BCUT2D eigenvalue weighted by Crippen LogP contribution is -2.62. The number of amides is 11. The molecule has 6 rings (SSSR count). The molecule has 3 aliphatic carbocycles. The van der Waals surface area contributed by atoms with Gasteiger partial charge < -0.3 is 70.6 Å². The number of aliphatic hydroxyl groups excluding tert-OH is 1. The molecule has 596 valence electrons. The van der Waals surface area contributed by atoms with Crippen LogP contribution in [-0.4, -0.2) is 245 Å². The van der Waals surface area contributed by atoms with E-state index in [4.69, 9.17) is 9.47 Å². The van der Waals surface area contributed by atoms with Gasteiger partial charge in [-0.1, -0.05) is 120 Å². The van der Waals surface area contributed by atoms with Crippen LogP contribution in [0.1, 0.15) is 244 Å². The third-order valence-corrected chi connectivity index (χ3v) is 22.6. The van der Waals surface area contributed by atoms with Crippen molar-refractivity contribution < 1.29 is 72.1 Å². The fourth-order valence-electron chi connectivity index (χ4n) is 16.7. The Morgan fingerprint density at radius 2 is 0.962 bits per heavy atom. The van der Waals surface area contributed by atoms with Gasteiger partial charge in [0.2, 0.25) is 65.0 Å². The molecule has 6 fully saturated rings. The number of Topliss-reactive ketones (excluding diaryl/α,β-unsaturated/α-hetero) is 1. The highest BCUT2D eigenvalue weighted by Gasteiger charge is 2.50. The van der Waals surface area contributed by atoms with Gasteiger partial charge in [-0.25, -0.2) is 0 Å². The van der Waals surface area contributed by atoms with Gasteiger partial charge in [-0.3, -0.25) is 57.5 Å². The van der Waals surface area contributed by atoms with Crippen LogP contribution in [0.15, 0.2) is 0 Å². The van der Waals surface area contributed by atoms with Crippen LogP contribution in [0.5, 0.6) is 0 Å². The summed E-state index contributed by atoms with van der Waals surface area (Å²) in [6.07, 6.45) is 10.1. The highest BCUT2D eigenvalue weighted by atomic mass is 16.5. The van der Waals surface area contributed by atoms with E-state index < -0.39 is 167 Å². The lowest BCUT2D eigenvalue weighted by Gasteiger charge is -2.38. The van der Waals surface area contributed by atoms with Crippen molar-refractivity contribution in [2.45, 2.75) is 322 Å². The van der Waals surface area contributed by atoms with Crippen LogP contribution in [-0.2, 0) is 67.0 Å². The van der Waals surface area contributed by atoms with Crippen molar-refractivity contribution in [2.24, 2.45) is 47.3 Å². The minimum absolute atomic E-state index is 0.00974. The molecular weight excluding hydrogens is 1340 g/mol. The van der Waals surface area contributed by atoms with Crippen LogP contribution in [0.4, 0.5) is 0 Å². The summed E-state index contributed by atoms with van der Waals surface area (Å²) in [6.45, 7) is 24.5. The zero-order chi connectivity index (χ0) is 77.9. The zero-order valence-corrected chi connectivity index (χ0v) is 66.9. The van der Waals surface area contributed by atoms with Gasteiger partial charge in [0.25, 0.3) is 0 Å². The first kappa shape index (κ1) is 87.6. The molecule has 0 bridgehead atoms. The van der Waals surface area contributed by atoms with E-state index >= 15 is 43.2 Å². The molecule has 6 N–H and O–H groups in total. The van der Waals surface area contributed by atoms with Gasteiger partial charge >= 0.3 is 0 Å². The highest BCUT2D eigenvalue weighted by molar-refractivity contribution is 6.01. The number of hydrogen-bond donors (Lipinski definition) is 6. The predicted octanol–water partition coefficient (Wildman–Crippen LogP) is 6.45. The van der Waals surface area contributed by atoms with Crippen LogP contribution in [0.3, 0.4) is 0 Å². The van der Waals surface area contributed by atoms with Gasteiger partial charge in [0.1, 0.15) is 54.4 Å². The molecule has 0 radical (unpaired) electrons. The molecule has 0 aromatic heterocycles. The monoisotopic (exact) mass is 1480 g/mol. The Hall–Kier alpha value is -6.28. The highest BCUT2D eigenvalue weighted by Crippen LogP contribution is 2.39. The number of nitrogens with zero attached hydrogens (tertiary/aromatic N) is 6. The molecule has 3 saturated heterocycles. The third-order valence-electron chi connectivity index (χ3n) is 22.6. The number of carbonyl (C=O) groups is 12. The number of hydrogen-bond acceptors (Lipinski definition) is 15. The zero-order valence-electron chi connectivity index (χ0n) is 66.9. The molecule has 3 saturated carbocycles. The number of nitrogens with one attached hydrogen (secondary N) is 5. The number of likely N-dealkylation sites (N-methyl/N-ethyl adjacent to an activating group) is 4. The van der Waals surface area contributed by atoms with E-state index in [-0.39, 0.29) is 113 Å². The minimum Gasteiger partial charge on any atom is -0.391 e. The van der Waals surface area contributed by atoms with E-state index in [0.29, 0.717) is 32.4 Å². The molecule has 0 aromatic carbocycles. The minimum atomic E-state index is -1.64. The van der Waals surface area contributed by atoms with Gasteiger partial charge in [-0.15, -0.1) is 0 Å². The fourth-order valence-corrected chi connectivity index (χ4v) is 16.7. The summed E-state index contributed by atoms with van der Waals surface area (Å²) in [5.74, 6) is -10.4. The number of carbonyl (C=O) groups excluding carboxylic acids is 12. The number of ketones is 1. The quantitative estimate of drug-likeness (QED) is 0.0859. The molecule has 0 aromatic rings. The first-order valence-corrected chi connectivity index (χ1v) is 40.1. The number of ether oxygens (including phenoxy) is 2. The molecule has 14 atom stereocenters. The van der Waals surface area contributed by atoms with Crippen molar-refractivity contribution in [1.29, 1.82) is 0 Å². The van der Waals surface area contributed by atoms with Gasteiger partial charge in [0.05, 0.1) is 42.8 Å². The molecule has 105 heavy (non-hydrogen) atoms. The molecule has 3 heterocycles. The average Bonchev–Trinajstić information content (AvgIpc) is 1.73. The van der Waals surface area contributed by atoms with Gasteiger partial charge in [-0.05, 0) is 154 Å². The molecule has 1 unspecified atom stereocenters. The second-order valence-electron chi connectivity index (χ2n) is 34.3. The Bertz CT molecular complexity index is 2940. The smallest absolute Gasteiger partial charge is 0.248 e. The summed E-state index contributed by atoms with van der Waals surface area (Å²) in [4.78, 5) is 192. The van der Waals surface area contributed by atoms with Crippen molar-refractivity contribution >= 4 is 70.8 Å². The number of aliphatic hydroxyl groups is 1. The molecule has 3 aliphatic heterocycles. The topological polar surface area (TPSA) is 323 Å². The number of rotatable bonds is 18. The summed E-state index contributed by atoms with van der Waals surface area (Å²) in [6, 6.07) is -12.8. The summed E-state index contributed by atoms with van der Waals surface area (Å²) >= 11 is 0. The molecule has 0 spiro atoms. The molecule has 26 heteroatoms. The maximum atomic E-state index is 15.7. The van der Waals surface area contributed by atoms with E-state index in [9.17, 15) is 19.5 Å². The van der Waals surface area contributed by atoms with E-state index in [1.165, 1.54) is 59.6 Å². The molecule has 6 aliphatic rings. The Kier molecular flexibility index (Phi) is 34.0. The van der Waals surface area contributed by atoms with Crippen molar-refractivity contribution in [3.05, 3.63) is 0 Å². The standard InChI is InChI=1S/C79H135N11O15/c1-18-104-54-43-55-56(44-54)73(98)86(15)64(40-50(8)9)72(97)84-67(51(10)91)78(103)88(17)65(42-53-31-24-20-25-32-53)71(96)81-58(41-52-29-22-19-23-30-52)74(99)87(16)63(39-49(6)7)70(95)82-59(76(101)89-34-26-21-27-35-89)45-66(92)80-57(37-47(2)3)77(102)90-36-28-33-61(90)69(94)83-60(46-105-79(11,12)13)75(100)85(14)62(68(55)93)38-48(4)5/h47-65,67,91H,18-46H2,1-17H3,(H,80,92)(H,81,96)(H,82,95)(H,83,94)(H,84,97)/t51-,54+,55?,56+,57-,58+,59+,60-,61-,62+,63+,64+,65+,67+/m0/s1. The van der Waals surface area contributed by atoms with E-state index in [2.05, 4.69) is 26.6 Å². The SMILES string of the molecule is CCO[C@@H]1CC2C(=O)[C@@H](CC(C)C)N(C)C(=O)[C@H](COC(C)(C)C)NC(=O)[C@@H]3CCCN3C(=O)[C@H](CC(C)C)NC(=O)C[C@H](C(=O)N3CCCCC3)NC(=O)[C@@H](CC(C)C)N(C)C(=O)[C@@H](CC3CCCCC3)NC(=O)[C@@H](CC3CCCCC3)N(C)C(=O)[C@@H]([C@H](C)O)NC(=O)[C@@H](CC(C)C)N(C)C(=O)[C@@H]2C1. The summed E-state index contributed by atoms with van der Waals surface area (Å²) in [5, 5.41) is 26.3. The van der Waals surface area contributed by atoms with E-state index in [0.717, 1.165) is 70.6 Å². The first-order valence-electron chi connectivity index (χ1n) is 40.1. The van der Waals surface area contributed by atoms with Crippen LogP contribution >= 0.6 is 0 Å². The Morgan fingerprint density at radius 1 is 0.486 bits per heavy atom. The Morgan fingerprint density at radius 3 is 1.50 bits per heavy atom. The summed E-state index contributed by atoms with van der Waals surface area (Å²) in [7, 11) is 5.91. The lowest BCUT2D eigenvalue weighted by molar-refractivity contribution is -0.150. The second-order valence-corrected chi connectivity index (χ2v) is 34.3. The predicted molar refractivity (Wildman–Crippen MR) is 400 cm³/mol. The van der Waals surface area contributed by atoms with Crippen LogP contribution in [0.25, 0.3) is 0 Å². The van der Waals surface area contributed by atoms with Crippen LogP contribution in [0.2, 0.25) is 0 Å². The van der Waals surface area contributed by atoms with E-state index in [1.54, 1.807) is 25.7 Å². The van der Waals surface area contributed by atoms with Crippen molar-refractivity contribution in [2.75, 3.05) is 61.0 Å². The number of fused-ring (bicyclic) bond motifs is 2. The Labute approximate surface area is 626 Å². The third kappa shape index (κ3) is 25.1. The maximum absolute atomic E-state index is 15.7. The largest absolute Gasteiger partial charge is 0.391 e. The van der Waals surface area contributed by atoms with Gasteiger partial charge in [-0.2, -0.15) is 0 Å². The first-order chi connectivity index (χ1) is 49.4. The van der Waals surface area contributed by atoms with Crippen molar-refractivity contribution in [3.63, 3.8) is 0 Å². The lowest BCUT2D eigenvalue weighted by atomic mass is 9.83. The van der Waals surface area contributed by atoms with Crippen molar-refractivity contribution in [1.82, 2.24) is 56.0 Å². The average molecular weight is 1480 g/mol. The van der Waals surface area contributed by atoms with Crippen LogP contribution in [0, 0.1) is 47.3 Å². The van der Waals surface area contributed by atoms with Gasteiger partial charge in [0, 0.05) is 60.3 Å². The normalized spacial score (nSPS) is 29.8. The summed E-state index contributed by atoms with van der Waals surface area (Å²) in [5.41, 5.74) is -0.816.